The van der Waals surface area contributed by atoms with Crippen molar-refractivity contribution in [1.29, 1.82) is 0 Å². The summed E-state index contributed by atoms with van der Waals surface area (Å²) in [5.74, 6) is -0.619. The molecule has 2 unspecified atom stereocenters. The molecule has 1 saturated carbocycles. The lowest BCUT2D eigenvalue weighted by Gasteiger charge is -2.54. The normalized spacial score (nSPS) is 23.9. The summed E-state index contributed by atoms with van der Waals surface area (Å²) in [5.41, 5.74) is -1.87. The third-order valence-corrected chi connectivity index (χ3v) is 5.42. The number of carbonyl (C=O) groups excluding carboxylic acids is 1. The van der Waals surface area contributed by atoms with E-state index in [1.54, 1.807) is 4.90 Å². The van der Waals surface area contributed by atoms with Gasteiger partial charge in [0.1, 0.15) is 5.82 Å². The Hall–Kier alpha value is -2.71. The summed E-state index contributed by atoms with van der Waals surface area (Å²) in [6.45, 7) is 2.12. The number of nitrogens with zero attached hydrogens (tertiary/aromatic N) is 3. The molecule has 1 aromatic heterocycles. The Balaban J connectivity index is 1.66. The molecule has 2 aliphatic heterocycles. The van der Waals surface area contributed by atoms with Gasteiger partial charge in [0.2, 0.25) is 0 Å². The van der Waals surface area contributed by atoms with E-state index < -0.39 is 23.6 Å². The van der Waals surface area contributed by atoms with Crippen molar-refractivity contribution in [2.24, 2.45) is 5.92 Å². The van der Waals surface area contributed by atoms with Crippen LogP contribution in [0.1, 0.15) is 31.7 Å². The molecule has 0 radical (unpaired) electrons. The SMILES string of the molecule is CC1CC2C[C@@H](C1)N2C(=O)Nc1cc(-c2cccnn2)c(C(F)(F)F)cc1F. The van der Waals surface area contributed by atoms with Gasteiger partial charge in [0.15, 0.2) is 0 Å². The highest BCUT2D eigenvalue weighted by atomic mass is 19.4. The first-order valence-electron chi connectivity index (χ1n) is 9.02. The average Bonchev–Trinajstić information content (AvgIpc) is 2.62. The Morgan fingerprint density at radius 2 is 1.93 bits per heavy atom. The number of carbonyl (C=O) groups is 1. The molecule has 0 spiro atoms. The second-order valence-corrected chi connectivity index (χ2v) is 7.44. The average molecular weight is 394 g/mol. The first kappa shape index (κ1) is 18.6. The molecule has 1 aliphatic carbocycles. The van der Waals surface area contributed by atoms with Crippen LogP contribution >= 0.6 is 0 Å². The molecule has 2 amide bonds. The summed E-state index contributed by atoms with van der Waals surface area (Å²) < 4.78 is 54.6. The topological polar surface area (TPSA) is 58.1 Å². The maximum absolute atomic E-state index is 14.4. The Morgan fingerprint density at radius 3 is 2.54 bits per heavy atom. The van der Waals surface area contributed by atoms with Crippen LogP contribution in [-0.2, 0) is 6.18 Å². The molecule has 2 bridgehead atoms. The minimum Gasteiger partial charge on any atom is -0.318 e. The van der Waals surface area contributed by atoms with E-state index in [-0.39, 0.29) is 29.0 Å². The van der Waals surface area contributed by atoms with Crippen LogP contribution in [0.4, 0.5) is 28.0 Å². The number of halogens is 4. The smallest absolute Gasteiger partial charge is 0.318 e. The number of alkyl halides is 3. The van der Waals surface area contributed by atoms with Crippen molar-refractivity contribution in [1.82, 2.24) is 15.1 Å². The van der Waals surface area contributed by atoms with E-state index in [0.29, 0.717) is 12.0 Å². The van der Waals surface area contributed by atoms with Gasteiger partial charge >= 0.3 is 12.2 Å². The lowest BCUT2D eigenvalue weighted by Crippen LogP contribution is -2.63. The fraction of sp³-hybridized carbons (Fsp3) is 0.421. The Morgan fingerprint density at radius 1 is 1.21 bits per heavy atom. The quantitative estimate of drug-likeness (QED) is 0.751. The van der Waals surface area contributed by atoms with Gasteiger partial charge in [-0.05, 0) is 49.4 Å². The summed E-state index contributed by atoms with van der Waals surface area (Å²) >= 11 is 0. The molecule has 3 aliphatic rings. The molecular formula is C19H18F4N4O. The van der Waals surface area contributed by atoms with Gasteiger partial charge in [0.05, 0.1) is 16.9 Å². The van der Waals surface area contributed by atoms with Crippen LogP contribution in [0.5, 0.6) is 0 Å². The second-order valence-electron chi connectivity index (χ2n) is 7.44. The first-order chi connectivity index (χ1) is 13.2. The predicted molar refractivity (Wildman–Crippen MR) is 93.9 cm³/mol. The van der Waals surface area contributed by atoms with Gasteiger partial charge < -0.3 is 10.2 Å². The van der Waals surface area contributed by atoms with E-state index >= 15 is 0 Å². The third kappa shape index (κ3) is 3.29. The van der Waals surface area contributed by atoms with Crippen molar-refractivity contribution in [3.63, 3.8) is 0 Å². The Bertz CT molecular complexity index is 891. The number of hydrogen-bond donors (Lipinski definition) is 1. The largest absolute Gasteiger partial charge is 0.417 e. The number of piperidine rings is 1. The number of fused-ring (bicyclic) bond motifs is 2. The third-order valence-electron chi connectivity index (χ3n) is 5.42. The highest BCUT2D eigenvalue weighted by molar-refractivity contribution is 5.91. The highest BCUT2D eigenvalue weighted by Gasteiger charge is 2.46. The number of urea groups is 1. The number of anilines is 1. The maximum Gasteiger partial charge on any atom is 0.417 e. The summed E-state index contributed by atoms with van der Waals surface area (Å²) in [5, 5.41) is 9.72. The number of rotatable bonds is 2. The Kier molecular flexibility index (Phi) is 4.47. The minimum atomic E-state index is -4.78. The standard InChI is InChI=1S/C19H18F4N4O/c1-10-5-11-7-12(6-10)27(11)18(28)25-17-8-13(16-3-2-4-24-26-16)14(9-15(17)20)19(21,22)23/h2-4,8-12H,5-7H2,1H3,(H,25,28)/t10?,11-,12?/m1/s1. The fourth-order valence-electron chi connectivity index (χ4n) is 4.22. The van der Waals surface area contributed by atoms with E-state index in [1.165, 1.54) is 18.3 Å². The molecule has 2 saturated heterocycles. The molecule has 5 rings (SSSR count). The van der Waals surface area contributed by atoms with Gasteiger partial charge in [-0.3, -0.25) is 0 Å². The van der Waals surface area contributed by atoms with Crippen LogP contribution in [0.15, 0.2) is 30.5 Å². The lowest BCUT2D eigenvalue weighted by molar-refractivity contribution is -0.137. The molecule has 5 nitrogen and oxygen atoms in total. The molecule has 3 fully saturated rings. The summed E-state index contributed by atoms with van der Waals surface area (Å²) in [4.78, 5) is 14.3. The first-order valence-corrected chi connectivity index (χ1v) is 9.02. The molecule has 1 aromatic carbocycles. The summed E-state index contributed by atoms with van der Waals surface area (Å²) in [6, 6.07) is 3.86. The van der Waals surface area contributed by atoms with Gasteiger partial charge in [0, 0.05) is 23.8 Å². The zero-order valence-corrected chi connectivity index (χ0v) is 15.0. The second kappa shape index (κ2) is 6.72. The van der Waals surface area contributed by atoms with Crippen molar-refractivity contribution in [3.05, 3.63) is 41.8 Å². The summed E-state index contributed by atoms with van der Waals surface area (Å²) in [7, 11) is 0. The molecule has 9 heteroatoms. The number of benzene rings is 1. The Labute approximate surface area is 158 Å². The predicted octanol–water partition coefficient (Wildman–Crippen LogP) is 4.71. The number of aromatic nitrogens is 2. The van der Waals surface area contributed by atoms with E-state index in [2.05, 4.69) is 22.4 Å². The molecular weight excluding hydrogens is 376 g/mol. The van der Waals surface area contributed by atoms with Gasteiger partial charge in [-0.15, -0.1) is 0 Å². The number of hydrogen-bond acceptors (Lipinski definition) is 3. The van der Waals surface area contributed by atoms with Crippen LogP contribution < -0.4 is 5.32 Å². The lowest BCUT2D eigenvalue weighted by atomic mass is 9.74. The van der Waals surface area contributed by atoms with E-state index in [4.69, 9.17) is 0 Å². The maximum atomic E-state index is 14.4. The molecule has 3 heterocycles. The van der Waals surface area contributed by atoms with Crippen LogP contribution in [0.2, 0.25) is 0 Å². The molecule has 1 N–H and O–H groups in total. The van der Waals surface area contributed by atoms with Gasteiger partial charge in [-0.1, -0.05) is 6.92 Å². The number of nitrogens with one attached hydrogen (secondary N) is 1. The van der Waals surface area contributed by atoms with Crippen LogP contribution in [0.3, 0.4) is 0 Å². The van der Waals surface area contributed by atoms with Crippen molar-refractivity contribution in [3.8, 4) is 11.3 Å². The zero-order valence-electron chi connectivity index (χ0n) is 15.0. The molecule has 148 valence electrons. The molecule has 3 atom stereocenters. The minimum absolute atomic E-state index is 0.0556. The summed E-state index contributed by atoms with van der Waals surface area (Å²) in [6.07, 6.45) is -0.778. The van der Waals surface area contributed by atoms with Crippen molar-refractivity contribution >= 4 is 11.7 Å². The van der Waals surface area contributed by atoms with E-state index in [1.807, 2.05) is 0 Å². The molecule has 28 heavy (non-hydrogen) atoms. The van der Waals surface area contributed by atoms with Crippen molar-refractivity contribution in [2.75, 3.05) is 5.32 Å². The van der Waals surface area contributed by atoms with Crippen LogP contribution in [0, 0.1) is 11.7 Å². The molecule has 2 aromatic rings. The highest BCUT2D eigenvalue weighted by Crippen LogP contribution is 2.42. The van der Waals surface area contributed by atoms with E-state index in [9.17, 15) is 22.4 Å². The van der Waals surface area contributed by atoms with Gasteiger partial charge in [0.25, 0.3) is 0 Å². The van der Waals surface area contributed by atoms with Crippen LogP contribution in [-0.4, -0.2) is 33.2 Å². The van der Waals surface area contributed by atoms with Crippen molar-refractivity contribution < 1.29 is 22.4 Å². The van der Waals surface area contributed by atoms with Gasteiger partial charge in [-0.2, -0.15) is 23.4 Å². The zero-order chi connectivity index (χ0) is 20.1. The van der Waals surface area contributed by atoms with E-state index in [0.717, 1.165) is 25.3 Å². The number of amides is 2. The fourth-order valence-corrected chi connectivity index (χ4v) is 4.22. The van der Waals surface area contributed by atoms with Crippen LogP contribution in [0.25, 0.3) is 11.3 Å². The van der Waals surface area contributed by atoms with Crippen molar-refractivity contribution in [2.45, 2.75) is 44.4 Å². The monoisotopic (exact) mass is 394 g/mol. The van der Waals surface area contributed by atoms with Gasteiger partial charge in [-0.25, -0.2) is 9.18 Å².